The van der Waals surface area contributed by atoms with Gasteiger partial charge in [-0.1, -0.05) is 44.2 Å². The van der Waals surface area contributed by atoms with Crippen molar-refractivity contribution in [1.29, 1.82) is 0 Å². The minimum absolute atomic E-state index is 0.542. The predicted octanol–water partition coefficient (Wildman–Crippen LogP) is 4.46. The number of hydrogen-bond donors (Lipinski definition) is 1. The molecule has 2 heteroatoms. The quantitative estimate of drug-likeness (QED) is 0.755. The second-order valence-electron chi connectivity index (χ2n) is 5.27. The van der Waals surface area contributed by atoms with Gasteiger partial charge in [0.15, 0.2) is 0 Å². The highest BCUT2D eigenvalue weighted by molar-refractivity contribution is 7.11. The van der Waals surface area contributed by atoms with Crippen molar-refractivity contribution in [1.82, 2.24) is 5.32 Å². The smallest absolute Gasteiger partial charge is 0.0156 e. The van der Waals surface area contributed by atoms with E-state index >= 15 is 0 Å². The Morgan fingerprint density at radius 1 is 0.950 bits per heavy atom. The molecule has 0 aliphatic rings. The molecule has 0 saturated heterocycles. The summed E-state index contributed by atoms with van der Waals surface area (Å²) in [4.78, 5) is 3.00. The zero-order valence-electron chi connectivity index (χ0n) is 12.6. The summed E-state index contributed by atoms with van der Waals surface area (Å²) in [6.07, 6.45) is 4.59. The van der Waals surface area contributed by atoms with E-state index in [9.17, 15) is 0 Å². The summed E-state index contributed by atoms with van der Waals surface area (Å²) >= 11 is 1.97. The average molecular weight is 287 g/mol. The van der Waals surface area contributed by atoms with Crippen molar-refractivity contribution in [2.24, 2.45) is 0 Å². The molecule has 0 aliphatic heterocycles. The number of aryl methyl sites for hydroxylation is 1. The van der Waals surface area contributed by atoms with Crippen LogP contribution < -0.4 is 5.32 Å². The molecular weight excluding hydrogens is 262 g/mol. The van der Waals surface area contributed by atoms with Crippen LogP contribution in [0, 0.1) is 0 Å². The number of nitrogens with one attached hydrogen (secondary N) is 1. The molecule has 2 rings (SSSR count). The van der Waals surface area contributed by atoms with Gasteiger partial charge < -0.3 is 5.32 Å². The Kier molecular flexibility index (Phi) is 6.28. The fraction of sp³-hybridized carbons (Fsp3) is 0.444. The summed E-state index contributed by atoms with van der Waals surface area (Å²) in [5.41, 5.74) is 1.42. The van der Waals surface area contributed by atoms with Gasteiger partial charge >= 0.3 is 0 Å². The molecule has 108 valence electrons. The summed E-state index contributed by atoms with van der Waals surface area (Å²) in [6.45, 7) is 5.56. The highest BCUT2D eigenvalue weighted by atomic mass is 32.1. The zero-order chi connectivity index (χ0) is 14.2. The first-order valence-corrected chi connectivity index (χ1v) is 8.48. The van der Waals surface area contributed by atoms with Crippen molar-refractivity contribution in [3.8, 4) is 0 Å². The van der Waals surface area contributed by atoms with E-state index in [4.69, 9.17) is 0 Å². The first-order valence-electron chi connectivity index (χ1n) is 7.66. The Balaban J connectivity index is 1.99. The lowest BCUT2D eigenvalue weighted by Crippen LogP contribution is -2.33. The van der Waals surface area contributed by atoms with Gasteiger partial charge in [0.05, 0.1) is 0 Å². The molecule has 1 unspecified atom stereocenters. The Labute approximate surface area is 127 Å². The Bertz CT molecular complexity index is 489. The maximum absolute atomic E-state index is 3.70. The van der Waals surface area contributed by atoms with Crippen LogP contribution in [0.1, 0.15) is 35.6 Å². The van der Waals surface area contributed by atoms with Crippen LogP contribution in [0.25, 0.3) is 0 Å². The molecular formula is C18H25NS. The van der Waals surface area contributed by atoms with Crippen molar-refractivity contribution in [2.45, 2.75) is 45.6 Å². The molecule has 0 amide bonds. The van der Waals surface area contributed by atoms with E-state index in [1.807, 2.05) is 11.3 Å². The van der Waals surface area contributed by atoms with Gasteiger partial charge in [-0.05, 0) is 49.9 Å². The molecule has 1 aromatic carbocycles. The molecule has 2 aromatic rings. The van der Waals surface area contributed by atoms with Crippen molar-refractivity contribution < 1.29 is 0 Å². The van der Waals surface area contributed by atoms with E-state index in [1.54, 1.807) is 0 Å². The highest BCUT2D eigenvalue weighted by Crippen LogP contribution is 2.19. The zero-order valence-corrected chi connectivity index (χ0v) is 13.4. The molecule has 1 nitrogen and oxygen atoms in total. The number of rotatable bonds is 8. The summed E-state index contributed by atoms with van der Waals surface area (Å²) in [5.74, 6) is 0. The molecule has 0 bridgehead atoms. The van der Waals surface area contributed by atoms with Gasteiger partial charge in [-0.2, -0.15) is 0 Å². The molecule has 0 radical (unpaired) electrons. The third kappa shape index (κ3) is 4.77. The van der Waals surface area contributed by atoms with Crippen molar-refractivity contribution >= 4 is 11.3 Å². The van der Waals surface area contributed by atoms with Gasteiger partial charge in [0.1, 0.15) is 0 Å². The SMILES string of the molecule is CCCNC(Cc1ccccc1)Cc1ccc(CC)s1. The largest absolute Gasteiger partial charge is 0.313 e. The Hall–Kier alpha value is -1.12. The fourth-order valence-corrected chi connectivity index (χ4v) is 3.47. The average Bonchev–Trinajstić information content (AvgIpc) is 2.93. The maximum Gasteiger partial charge on any atom is 0.0156 e. The first kappa shape index (κ1) is 15.3. The lowest BCUT2D eigenvalue weighted by atomic mass is 10.0. The van der Waals surface area contributed by atoms with E-state index in [0.29, 0.717) is 6.04 Å². The molecule has 0 aliphatic carbocycles. The minimum Gasteiger partial charge on any atom is -0.313 e. The van der Waals surface area contributed by atoms with Crippen LogP contribution in [-0.2, 0) is 19.3 Å². The first-order chi connectivity index (χ1) is 9.81. The van der Waals surface area contributed by atoms with Crippen LogP contribution in [0.4, 0.5) is 0 Å². The van der Waals surface area contributed by atoms with Gasteiger partial charge in [0.2, 0.25) is 0 Å². The molecule has 1 N–H and O–H groups in total. The number of hydrogen-bond acceptors (Lipinski definition) is 2. The second-order valence-corrected chi connectivity index (χ2v) is 6.52. The summed E-state index contributed by atoms with van der Waals surface area (Å²) < 4.78 is 0. The molecule has 0 spiro atoms. The lowest BCUT2D eigenvalue weighted by Gasteiger charge is -2.18. The molecule has 0 saturated carbocycles. The highest BCUT2D eigenvalue weighted by Gasteiger charge is 2.11. The normalized spacial score (nSPS) is 12.5. The third-order valence-corrected chi connectivity index (χ3v) is 4.77. The summed E-state index contributed by atoms with van der Waals surface area (Å²) in [6, 6.07) is 15.9. The molecule has 1 atom stereocenters. The summed E-state index contributed by atoms with van der Waals surface area (Å²) in [5, 5.41) is 3.70. The van der Waals surface area contributed by atoms with Crippen LogP contribution in [0.5, 0.6) is 0 Å². The number of thiophene rings is 1. The minimum atomic E-state index is 0.542. The maximum atomic E-state index is 3.70. The van der Waals surface area contributed by atoms with Gasteiger partial charge in [-0.15, -0.1) is 11.3 Å². The van der Waals surface area contributed by atoms with Gasteiger partial charge in [0.25, 0.3) is 0 Å². The van der Waals surface area contributed by atoms with E-state index < -0.39 is 0 Å². The Morgan fingerprint density at radius 3 is 2.35 bits per heavy atom. The van der Waals surface area contributed by atoms with Gasteiger partial charge in [-0.3, -0.25) is 0 Å². The molecule has 0 fully saturated rings. The second kappa shape index (κ2) is 8.23. The molecule has 20 heavy (non-hydrogen) atoms. The van der Waals surface area contributed by atoms with E-state index in [0.717, 1.165) is 25.8 Å². The Morgan fingerprint density at radius 2 is 1.70 bits per heavy atom. The van der Waals surface area contributed by atoms with Crippen LogP contribution in [0.2, 0.25) is 0 Å². The van der Waals surface area contributed by atoms with E-state index in [1.165, 1.54) is 21.7 Å². The van der Waals surface area contributed by atoms with Crippen LogP contribution >= 0.6 is 11.3 Å². The number of benzene rings is 1. The van der Waals surface area contributed by atoms with Crippen molar-refractivity contribution in [3.63, 3.8) is 0 Å². The van der Waals surface area contributed by atoms with Crippen molar-refractivity contribution in [2.75, 3.05) is 6.54 Å². The fourth-order valence-electron chi connectivity index (χ4n) is 2.43. The molecule has 1 aromatic heterocycles. The van der Waals surface area contributed by atoms with Crippen LogP contribution in [0.15, 0.2) is 42.5 Å². The predicted molar refractivity (Wildman–Crippen MR) is 89.6 cm³/mol. The van der Waals surface area contributed by atoms with Crippen LogP contribution in [-0.4, -0.2) is 12.6 Å². The molecule has 1 heterocycles. The monoisotopic (exact) mass is 287 g/mol. The van der Waals surface area contributed by atoms with E-state index in [-0.39, 0.29) is 0 Å². The van der Waals surface area contributed by atoms with Crippen molar-refractivity contribution in [3.05, 3.63) is 57.8 Å². The summed E-state index contributed by atoms with van der Waals surface area (Å²) in [7, 11) is 0. The van der Waals surface area contributed by atoms with Crippen LogP contribution in [0.3, 0.4) is 0 Å². The van der Waals surface area contributed by atoms with E-state index in [2.05, 4.69) is 61.6 Å². The third-order valence-electron chi connectivity index (χ3n) is 3.52. The van der Waals surface area contributed by atoms with Gasteiger partial charge in [-0.25, -0.2) is 0 Å². The standard InChI is InChI=1S/C18H25NS/c1-3-12-19-16(13-15-8-6-5-7-9-15)14-18-11-10-17(4-2)20-18/h5-11,16,19H,3-4,12-14H2,1-2H3. The topological polar surface area (TPSA) is 12.0 Å². The lowest BCUT2D eigenvalue weighted by molar-refractivity contribution is 0.507. The van der Waals surface area contributed by atoms with Gasteiger partial charge in [0, 0.05) is 15.8 Å².